The van der Waals surface area contributed by atoms with Crippen LogP contribution >= 0.6 is 15.9 Å². The third-order valence-electron chi connectivity index (χ3n) is 2.88. The predicted octanol–water partition coefficient (Wildman–Crippen LogP) is 1.54. The van der Waals surface area contributed by atoms with Gasteiger partial charge in [0.2, 0.25) is 5.95 Å². The normalized spacial score (nSPS) is 18.6. The third-order valence-corrected chi connectivity index (χ3v) is 3.46. The van der Waals surface area contributed by atoms with Gasteiger partial charge in [0, 0.05) is 12.7 Å². The van der Waals surface area contributed by atoms with Crippen molar-refractivity contribution in [2.75, 3.05) is 17.6 Å². The van der Waals surface area contributed by atoms with Crippen LogP contribution in [0.15, 0.2) is 10.7 Å². The van der Waals surface area contributed by atoms with Crippen LogP contribution in [0.25, 0.3) is 0 Å². The van der Waals surface area contributed by atoms with E-state index in [0.29, 0.717) is 12.4 Å². The van der Waals surface area contributed by atoms with E-state index < -0.39 is 5.60 Å². The monoisotopic (exact) mass is 286 g/mol. The largest absolute Gasteiger partial charge is 0.388 e. The molecule has 0 spiro atoms. The first-order chi connectivity index (χ1) is 7.59. The highest BCUT2D eigenvalue weighted by atomic mass is 79.9. The Morgan fingerprint density at radius 2 is 2.19 bits per heavy atom. The quantitative estimate of drug-likeness (QED) is 0.785. The number of hydrogen-bond donors (Lipinski definition) is 3. The number of halogens is 1. The molecular weight excluding hydrogens is 272 g/mol. The van der Waals surface area contributed by atoms with Crippen molar-refractivity contribution >= 4 is 27.7 Å². The fourth-order valence-electron chi connectivity index (χ4n) is 1.96. The van der Waals surface area contributed by atoms with Crippen molar-refractivity contribution in [2.45, 2.75) is 31.3 Å². The molecule has 5 nitrogen and oxygen atoms in total. The van der Waals surface area contributed by atoms with Gasteiger partial charge in [0.05, 0.1) is 10.1 Å². The lowest BCUT2D eigenvalue weighted by molar-refractivity contribution is 0.0614. The van der Waals surface area contributed by atoms with Gasteiger partial charge in [-0.05, 0) is 28.8 Å². The van der Waals surface area contributed by atoms with Gasteiger partial charge in [0.1, 0.15) is 5.82 Å². The molecule has 0 atom stereocenters. The zero-order chi connectivity index (χ0) is 11.6. The molecule has 0 bridgehead atoms. The van der Waals surface area contributed by atoms with Crippen molar-refractivity contribution in [3.8, 4) is 0 Å². The number of aliphatic hydroxyl groups is 1. The Morgan fingerprint density at radius 3 is 2.88 bits per heavy atom. The van der Waals surface area contributed by atoms with E-state index in [1.54, 1.807) is 6.20 Å². The van der Waals surface area contributed by atoms with E-state index >= 15 is 0 Å². The maximum Gasteiger partial charge on any atom is 0.221 e. The number of nitrogens with two attached hydrogens (primary N) is 1. The van der Waals surface area contributed by atoms with Gasteiger partial charge in [-0.25, -0.2) is 4.98 Å². The highest BCUT2D eigenvalue weighted by molar-refractivity contribution is 9.10. The summed E-state index contributed by atoms with van der Waals surface area (Å²) in [5, 5.41) is 13.3. The summed E-state index contributed by atoms with van der Waals surface area (Å²) in [4.78, 5) is 7.92. The summed E-state index contributed by atoms with van der Waals surface area (Å²) in [5.74, 6) is 0.858. The van der Waals surface area contributed by atoms with Gasteiger partial charge < -0.3 is 16.2 Å². The molecule has 4 N–H and O–H groups in total. The highest BCUT2D eigenvalue weighted by Crippen LogP contribution is 2.30. The van der Waals surface area contributed by atoms with Crippen LogP contribution in [0.5, 0.6) is 0 Å². The first kappa shape index (κ1) is 11.6. The average molecular weight is 287 g/mol. The van der Waals surface area contributed by atoms with E-state index in [0.717, 1.165) is 30.2 Å². The van der Waals surface area contributed by atoms with Crippen molar-refractivity contribution < 1.29 is 5.11 Å². The Balaban J connectivity index is 2.01. The number of aromatic nitrogens is 2. The minimum absolute atomic E-state index is 0.226. The van der Waals surface area contributed by atoms with E-state index in [9.17, 15) is 5.11 Å². The van der Waals surface area contributed by atoms with Crippen LogP contribution in [0.3, 0.4) is 0 Å². The molecule has 0 unspecified atom stereocenters. The molecule has 1 saturated carbocycles. The van der Waals surface area contributed by atoms with E-state index in [2.05, 4.69) is 31.2 Å². The molecule has 0 aliphatic heterocycles. The molecular formula is C10H15BrN4O. The van der Waals surface area contributed by atoms with Gasteiger partial charge in [0.25, 0.3) is 0 Å². The fraction of sp³-hybridized carbons (Fsp3) is 0.600. The lowest BCUT2D eigenvalue weighted by Crippen LogP contribution is -2.33. The Morgan fingerprint density at radius 1 is 1.50 bits per heavy atom. The summed E-state index contributed by atoms with van der Waals surface area (Å²) in [6, 6.07) is 0. The van der Waals surface area contributed by atoms with Crippen molar-refractivity contribution in [2.24, 2.45) is 0 Å². The Labute approximate surface area is 103 Å². The minimum Gasteiger partial charge on any atom is -0.388 e. The molecule has 16 heavy (non-hydrogen) atoms. The molecule has 0 aromatic carbocycles. The van der Waals surface area contributed by atoms with Crippen LogP contribution in [0.1, 0.15) is 25.7 Å². The summed E-state index contributed by atoms with van der Waals surface area (Å²) in [6.45, 7) is 0.502. The molecule has 2 rings (SSSR count). The summed E-state index contributed by atoms with van der Waals surface area (Å²) in [6.07, 6.45) is 5.47. The zero-order valence-electron chi connectivity index (χ0n) is 8.91. The Kier molecular flexibility index (Phi) is 3.30. The van der Waals surface area contributed by atoms with Crippen LogP contribution in [0, 0.1) is 0 Å². The second kappa shape index (κ2) is 4.55. The summed E-state index contributed by atoms with van der Waals surface area (Å²) < 4.78 is 0.753. The second-order valence-corrected chi connectivity index (χ2v) is 5.06. The van der Waals surface area contributed by atoms with Crippen molar-refractivity contribution in [1.82, 2.24) is 9.97 Å². The summed E-state index contributed by atoms with van der Waals surface area (Å²) in [5.41, 5.74) is 4.90. The summed E-state index contributed by atoms with van der Waals surface area (Å²) >= 11 is 3.33. The van der Waals surface area contributed by atoms with Gasteiger partial charge in [-0.2, -0.15) is 4.98 Å². The lowest BCUT2D eigenvalue weighted by atomic mass is 10.0. The van der Waals surface area contributed by atoms with Crippen LogP contribution in [-0.4, -0.2) is 27.2 Å². The topological polar surface area (TPSA) is 84.1 Å². The second-order valence-electron chi connectivity index (χ2n) is 4.21. The molecule has 1 aromatic heterocycles. The molecule has 1 heterocycles. The van der Waals surface area contributed by atoms with Gasteiger partial charge in [-0.1, -0.05) is 12.8 Å². The van der Waals surface area contributed by atoms with Crippen molar-refractivity contribution in [3.63, 3.8) is 0 Å². The zero-order valence-corrected chi connectivity index (χ0v) is 10.5. The van der Waals surface area contributed by atoms with Gasteiger partial charge in [-0.3, -0.25) is 0 Å². The van der Waals surface area contributed by atoms with Crippen LogP contribution < -0.4 is 11.1 Å². The molecule has 1 fully saturated rings. The van der Waals surface area contributed by atoms with Gasteiger partial charge in [0.15, 0.2) is 0 Å². The summed E-state index contributed by atoms with van der Waals surface area (Å²) in [7, 11) is 0. The molecule has 1 aliphatic rings. The van der Waals surface area contributed by atoms with Crippen LogP contribution in [-0.2, 0) is 0 Å². The minimum atomic E-state index is -0.598. The number of nitrogen functional groups attached to an aromatic ring is 1. The standard InChI is InChI=1S/C10H15BrN4O/c11-7-5-13-9(12)15-8(7)14-6-10(16)3-1-2-4-10/h5,16H,1-4,6H2,(H3,12,13,14,15). The fourth-order valence-corrected chi connectivity index (χ4v) is 2.29. The van der Waals surface area contributed by atoms with Gasteiger partial charge in [-0.15, -0.1) is 0 Å². The molecule has 6 heteroatoms. The first-order valence-corrected chi connectivity index (χ1v) is 6.13. The number of anilines is 2. The lowest BCUT2D eigenvalue weighted by Gasteiger charge is -2.22. The molecule has 88 valence electrons. The maximum absolute atomic E-state index is 10.2. The highest BCUT2D eigenvalue weighted by Gasteiger charge is 2.30. The Bertz CT molecular complexity index is 379. The first-order valence-electron chi connectivity index (χ1n) is 5.33. The number of nitrogens with one attached hydrogen (secondary N) is 1. The van der Waals surface area contributed by atoms with E-state index in [-0.39, 0.29) is 5.95 Å². The average Bonchev–Trinajstić information content (AvgIpc) is 2.67. The molecule has 0 saturated heterocycles. The Hall–Kier alpha value is -0.880. The molecule has 1 aromatic rings. The van der Waals surface area contributed by atoms with E-state index in [1.807, 2.05) is 0 Å². The number of hydrogen-bond acceptors (Lipinski definition) is 5. The predicted molar refractivity (Wildman–Crippen MR) is 66.1 cm³/mol. The van der Waals surface area contributed by atoms with Gasteiger partial charge >= 0.3 is 0 Å². The van der Waals surface area contributed by atoms with E-state index in [1.165, 1.54) is 0 Å². The number of rotatable bonds is 3. The van der Waals surface area contributed by atoms with Crippen LogP contribution in [0.4, 0.5) is 11.8 Å². The molecule has 0 radical (unpaired) electrons. The molecule has 1 aliphatic carbocycles. The van der Waals surface area contributed by atoms with Crippen molar-refractivity contribution in [1.29, 1.82) is 0 Å². The van der Waals surface area contributed by atoms with Crippen molar-refractivity contribution in [3.05, 3.63) is 10.7 Å². The van der Waals surface area contributed by atoms with E-state index in [4.69, 9.17) is 5.73 Å². The smallest absolute Gasteiger partial charge is 0.221 e. The number of nitrogens with zero attached hydrogens (tertiary/aromatic N) is 2. The SMILES string of the molecule is Nc1ncc(Br)c(NCC2(O)CCCC2)n1. The maximum atomic E-state index is 10.2. The molecule has 0 amide bonds. The van der Waals surface area contributed by atoms with Crippen LogP contribution in [0.2, 0.25) is 0 Å². The third kappa shape index (κ3) is 2.62.